The highest BCUT2D eigenvalue weighted by Gasteiger charge is 2.27. The first-order valence-electron chi connectivity index (χ1n) is 7.60. The zero-order valence-corrected chi connectivity index (χ0v) is 14.2. The van der Waals surface area contributed by atoms with Crippen molar-refractivity contribution in [3.63, 3.8) is 0 Å². The normalized spacial score (nSPS) is 13.2. The summed E-state index contributed by atoms with van der Waals surface area (Å²) in [6.07, 6.45) is 0.465. The van der Waals surface area contributed by atoms with E-state index in [0.29, 0.717) is 18.7 Å². The molecule has 0 spiro atoms. The van der Waals surface area contributed by atoms with Crippen LogP contribution in [0.25, 0.3) is 0 Å². The van der Waals surface area contributed by atoms with Gasteiger partial charge >= 0.3 is 11.9 Å². The fraction of sp³-hybridized carbons (Fsp3) is 0.353. The molecule has 0 radical (unpaired) electrons. The minimum absolute atomic E-state index is 0.0359. The fourth-order valence-corrected chi connectivity index (χ4v) is 2.92. The van der Waals surface area contributed by atoms with Crippen LogP contribution in [0, 0.1) is 5.92 Å². The van der Waals surface area contributed by atoms with E-state index in [-0.39, 0.29) is 17.5 Å². The lowest BCUT2D eigenvalue weighted by molar-refractivity contribution is -0.147. The average molecular weight is 348 g/mol. The van der Waals surface area contributed by atoms with Crippen LogP contribution in [0.5, 0.6) is 0 Å². The minimum Gasteiger partial charge on any atom is -0.476 e. The van der Waals surface area contributed by atoms with E-state index in [4.69, 9.17) is 15.6 Å². The highest BCUT2D eigenvalue weighted by Crippen LogP contribution is 2.27. The van der Waals surface area contributed by atoms with Gasteiger partial charge in [0, 0.05) is 5.38 Å². The molecule has 7 heteroatoms. The fourth-order valence-electron chi connectivity index (χ4n) is 2.21. The Hall–Kier alpha value is -2.25. The Morgan fingerprint density at radius 3 is 2.62 bits per heavy atom. The highest BCUT2D eigenvalue weighted by molar-refractivity contribution is 7.11. The number of rotatable bonds is 8. The number of hydrogen-bond donors (Lipinski definition) is 2. The van der Waals surface area contributed by atoms with Crippen LogP contribution in [0.4, 0.5) is 0 Å². The van der Waals surface area contributed by atoms with Gasteiger partial charge in [-0.2, -0.15) is 0 Å². The largest absolute Gasteiger partial charge is 0.476 e. The molecule has 1 heterocycles. The number of ether oxygens (including phenoxy) is 1. The Labute approximate surface area is 144 Å². The van der Waals surface area contributed by atoms with Gasteiger partial charge in [-0.15, -0.1) is 11.3 Å². The van der Waals surface area contributed by atoms with Gasteiger partial charge in [0.25, 0.3) is 0 Å². The van der Waals surface area contributed by atoms with Gasteiger partial charge in [-0.1, -0.05) is 37.3 Å². The second-order valence-electron chi connectivity index (χ2n) is 5.61. The summed E-state index contributed by atoms with van der Waals surface area (Å²) in [5.74, 6) is -2.04. The summed E-state index contributed by atoms with van der Waals surface area (Å²) in [7, 11) is 0. The van der Waals surface area contributed by atoms with E-state index < -0.39 is 17.9 Å². The summed E-state index contributed by atoms with van der Waals surface area (Å²) in [5.41, 5.74) is 6.97. The highest BCUT2D eigenvalue weighted by atomic mass is 32.1. The molecule has 1 unspecified atom stereocenters. The van der Waals surface area contributed by atoms with Crippen LogP contribution >= 0.6 is 11.3 Å². The lowest BCUT2D eigenvalue weighted by Crippen LogP contribution is -2.22. The van der Waals surface area contributed by atoms with Gasteiger partial charge in [-0.3, -0.25) is 4.79 Å². The molecule has 1 aromatic heterocycles. The average Bonchev–Trinajstić information content (AvgIpc) is 3.08. The van der Waals surface area contributed by atoms with Gasteiger partial charge in [0.05, 0.1) is 5.69 Å². The van der Waals surface area contributed by atoms with Gasteiger partial charge in [0.2, 0.25) is 5.01 Å². The molecule has 2 atom stereocenters. The number of aromatic carboxylic acids is 1. The first-order chi connectivity index (χ1) is 11.5. The Kier molecular flexibility index (Phi) is 6.45. The number of aromatic nitrogens is 1. The molecule has 0 saturated heterocycles. The molecule has 2 aromatic rings. The van der Waals surface area contributed by atoms with E-state index in [0.717, 1.165) is 16.9 Å². The molecule has 0 amide bonds. The molecule has 3 N–H and O–H groups in total. The predicted molar refractivity (Wildman–Crippen MR) is 90.9 cm³/mol. The molecule has 0 fully saturated rings. The molecule has 6 nitrogen and oxygen atoms in total. The molecule has 0 saturated carbocycles. The number of carboxylic acid groups (broad SMARTS) is 1. The second kappa shape index (κ2) is 8.56. The van der Waals surface area contributed by atoms with E-state index in [1.54, 1.807) is 5.38 Å². The molecule has 128 valence electrons. The molecular formula is C17H20N2O4S. The Morgan fingerprint density at radius 2 is 2.04 bits per heavy atom. The summed E-state index contributed by atoms with van der Waals surface area (Å²) < 4.78 is 5.40. The third-order valence-corrected chi connectivity index (χ3v) is 4.46. The number of hydrogen-bond acceptors (Lipinski definition) is 6. The maximum Gasteiger partial charge on any atom is 0.365 e. The third-order valence-electron chi connectivity index (χ3n) is 3.61. The number of esters is 1. The zero-order valence-electron chi connectivity index (χ0n) is 13.3. The van der Waals surface area contributed by atoms with Crippen molar-refractivity contribution in [2.75, 3.05) is 6.54 Å². The van der Waals surface area contributed by atoms with Gasteiger partial charge in [0.15, 0.2) is 0 Å². The van der Waals surface area contributed by atoms with E-state index in [1.807, 2.05) is 37.3 Å². The quantitative estimate of drug-likeness (QED) is 0.711. The number of carbonyl (C=O) groups is 2. The monoisotopic (exact) mass is 348 g/mol. The Bertz CT molecular complexity index is 687. The van der Waals surface area contributed by atoms with E-state index >= 15 is 0 Å². The summed E-state index contributed by atoms with van der Waals surface area (Å²) in [6, 6.07) is 9.37. The van der Waals surface area contributed by atoms with E-state index in [9.17, 15) is 9.59 Å². The standard InChI is InChI=1S/C17H20N2O4S/c1-11(8-18)7-13(14-10-24-15(19-14)16(20)21)17(22)23-9-12-5-3-2-4-6-12/h2-6,10-11,13H,7-9,18H2,1H3,(H,20,21)/t11?,13-/m0/s1. The van der Waals surface area contributed by atoms with Crippen molar-refractivity contribution in [1.29, 1.82) is 0 Å². The number of nitrogens with zero attached hydrogens (tertiary/aromatic N) is 1. The van der Waals surface area contributed by atoms with Crippen LogP contribution in [-0.4, -0.2) is 28.6 Å². The van der Waals surface area contributed by atoms with Gasteiger partial charge in [-0.25, -0.2) is 9.78 Å². The molecule has 0 aliphatic heterocycles. The number of carboxylic acids is 1. The van der Waals surface area contributed by atoms with Crippen molar-refractivity contribution in [1.82, 2.24) is 4.98 Å². The van der Waals surface area contributed by atoms with Gasteiger partial charge in [-0.05, 0) is 24.4 Å². The lowest BCUT2D eigenvalue weighted by atomic mass is 9.93. The van der Waals surface area contributed by atoms with Crippen LogP contribution in [0.2, 0.25) is 0 Å². The molecule has 0 bridgehead atoms. The maximum atomic E-state index is 12.5. The van der Waals surface area contributed by atoms with Crippen LogP contribution in [0.15, 0.2) is 35.7 Å². The van der Waals surface area contributed by atoms with Gasteiger partial charge in [0.1, 0.15) is 12.5 Å². The number of thiazole rings is 1. The molecule has 24 heavy (non-hydrogen) atoms. The van der Waals surface area contributed by atoms with Crippen molar-refractivity contribution in [3.05, 3.63) is 52.0 Å². The van der Waals surface area contributed by atoms with Crippen molar-refractivity contribution in [3.8, 4) is 0 Å². The van der Waals surface area contributed by atoms with Crippen molar-refractivity contribution < 1.29 is 19.4 Å². The first kappa shape index (κ1) is 18.1. The number of benzene rings is 1. The Morgan fingerprint density at radius 1 is 1.33 bits per heavy atom. The van der Waals surface area contributed by atoms with Crippen molar-refractivity contribution >= 4 is 23.3 Å². The smallest absolute Gasteiger partial charge is 0.365 e. The maximum absolute atomic E-state index is 12.5. The topological polar surface area (TPSA) is 103 Å². The first-order valence-corrected chi connectivity index (χ1v) is 8.48. The predicted octanol–water partition coefficient (Wildman–Crippen LogP) is 2.65. The van der Waals surface area contributed by atoms with E-state index in [1.165, 1.54) is 0 Å². The van der Waals surface area contributed by atoms with Crippen LogP contribution in [0.3, 0.4) is 0 Å². The van der Waals surface area contributed by atoms with Crippen molar-refractivity contribution in [2.24, 2.45) is 11.7 Å². The van der Waals surface area contributed by atoms with E-state index in [2.05, 4.69) is 4.98 Å². The molecule has 0 aliphatic carbocycles. The number of nitrogens with two attached hydrogens (primary N) is 1. The lowest BCUT2D eigenvalue weighted by Gasteiger charge is -2.17. The summed E-state index contributed by atoms with van der Waals surface area (Å²) in [6.45, 7) is 2.53. The van der Waals surface area contributed by atoms with Gasteiger partial charge < -0.3 is 15.6 Å². The second-order valence-corrected chi connectivity index (χ2v) is 6.46. The summed E-state index contributed by atoms with van der Waals surface area (Å²) in [4.78, 5) is 27.6. The molecule has 2 rings (SSSR count). The minimum atomic E-state index is -1.10. The zero-order chi connectivity index (χ0) is 17.5. The van der Waals surface area contributed by atoms with Crippen LogP contribution < -0.4 is 5.73 Å². The SMILES string of the molecule is CC(CN)C[C@H](C(=O)OCc1ccccc1)c1csc(C(=O)O)n1. The Balaban J connectivity index is 2.11. The summed E-state index contributed by atoms with van der Waals surface area (Å²) in [5, 5.41) is 10.6. The number of carbonyl (C=O) groups excluding carboxylic acids is 1. The molecule has 0 aliphatic rings. The van der Waals surface area contributed by atoms with Crippen LogP contribution in [0.1, 0.15) is 40.3 Å². The van der Waals surface area contributed by atoms with Crippen LogP contribution in [-0.2, 0) is 16.1 Å². The molecular weight excluding hydrogens is 328 g/mol. The van der Waals surface area contributed by atoms with Crippen molar-refractivity contribution in [2.45, 2.75) is 25.9 Å². The molecule has 1 aromatic carbocycles. The third kappa shape index (κ3) is 4.87. The summed E-state index contributed by atoms with van der Waals surface area (Å²) >= 11 is 1.00.